The summed E-state index contributed by atoms with van der Waals surface area (Å²) in [6.07, 6.45) is 3.98. The first kappa shape index (κ1) is 17.8. The van der Waals surface area contributed by atoms with E-state index < -0.39 is 0 Å². The minimum Gasteiger partial charge on any atom is -0.396 e. The van der Waals surface area contributed by atoms with Gasteiger partial charge in [-0.05, 0) is 37.2 Å². The molecule has 0 bridgehead atoms. The van der Waals surface area contributed by atoms with Gasteiger partial charge in [0.25, 0.3) is 0 Å². The molecule has 24 heavy (non-hydrogen) atoms. The van der Waals surface area contributed by atoms with Gasteiger partial charge < -0.3 is 10.4 Å². The zero-order valence-corrected chi connectivity index (χ0v) is 15.0. The van der Waals surface area contributed by atoms with Crippen molar-refractivity contribution in [1.29, 1.82) is 0 Å². The summed E-state index contributed by atoms with van der Waals surface area (Å²) in [4.78, 5) is 15.4. The smallest absolute Gasteiger partial charge is 0.242 e. The molecule has 4 nitrogen and oxygen atoms in total. The zero-order chi connectivity index (χ0) is 16.8. The van der Waals surface area contributed by atoms with Gasteiger partial charge in [-0.1, -0.05) is 30.3 Å². The lowest BCUT2D eigenvalue weighted by atomic mass is 9.86. The molecule has 1 saturated carbocycles. The van der Waals surface area contributed by atoms with E-state index >= 15 is 0 Å². The molecule has 1 aromatic rings. The highest BCUT2D eigenvalue weighted by molar-refractivity contribution is 7.99. The zero-order valence-electron chi connectivity index (χ0n) is 14.2. The Labute approximate surface area is 149 Å². The van der Waals surface area contributed by atoms with Crippen LogP contribution < -0.4 is 5.32 Å². The average molecular weight is 349 g/mol. The van der Waals surface area contributed by atoms with Crippen LogP contribution in [-0.2, 0) is 4.79 Å². The van der Waals surface area contributed by atoms with Crippen molar-refractivity contribution in [2.75, 3.05) is 31.2 Å². The van der Waals surface area contributed by atoms with E-state index in [4.69, 9.17) is 0 Å². The molecule has 132 valence electrons. The lowest BCUT2D eigenvalue weighted by Crippen LogP contribution is -2.47. The third kappa shape index (κ3) is 4.52. The van der Waals surface area contributed by atoms with Crippen molar-refractivity contribution in [1.82, 2.24) is 10.2 Å². The summed E-state index contributed by atoms with van der Waals surface area (Å²) in [7, 11) is 0. The normalized spacial score (nSPS) is 26.7. The van der Waals surface area contributed by atoms with Crippen molar-refractivity contribution < 1.29 is 9.90 Å². The highest BCUT2D eigenvalue weighted by Gasteiger charge is 2.31. The number of carbonyl (C=O) groups excluding carboxylic acids is 1. The van der Waals surface area contributed by atoms with Gasteiger partial charge in [0.2, 0.25) is 5.91 Å². The number of benzene rings is 1. The van der Waals surface area contributed by atoms with E-state index in [9.17, 15) is 9.90 Å². The Kier molecular flexibility index (Phi) is 6.58. The molecule has 1 unspecified atom stereocenters. The first-order valence-electron chi connectivity index (χ1n) is 9.06. The first-order chi connectivity index (χ1) is 11.8. The van der Waals surface area contributed by atoms with Crippen LogP contribution in [0.25, 0.3) is 0 Å². The summed E-state index contributed by atoms with van der Waals surface area (Å²) in [5.74, 6) is 2.75. The van der Waals surface area contributed by atoms with E-state index in [1.54, 1.807) is 0 Å². The van der Waals surface area contributed by atoms with Crippen LogP contribution >= 0.6 is 11.8 Å². The van der Waals surface area contributed by atoms with Gasteiger partial charge in [0.1, 0.15) is 6.04 Å². The van der Waals surface area contributed by atoms with Crippen molar-refractivity contribution in [2.45, 2.75) is 37.8 Å². The second-order valence-electron chi connectivity index (χ2n) is 6.87. The Morgan fingerprint density at radius 3 is 2.46 bits per heavy atom. The SMILES string of the molecule is O=C(NC1CCC(CO)CC1)C(c1ccccc1)N1CCSCC1. The van der Waals surface area contributed by atoms with Gasteiger partial charge in [-0.15, -0.1) is 0 Å². The highest BCUT2D eigenvalue weighted by atomic mass is 32.2. The number of hydrogen-bond donors (Lipinski definition) is 2. The molecule has 0 radical (unpaired) electrons. The minimum absolute atomic E-state index is 0.139. The Hall–Kier alpha value is -1.04. The van der Waals surface area contributed by atoms with Gasteiger partial charge in [-0.3, -0.25) is 9.69 Å². The number of nitrogens with one attached hydrogen (secondary N) is 1. The van der Waals surface area contributed by atoms with Crippen molar-refractivity contribution in [3.05, 3.63) is 35.9 Å². The van der Waals surface area contributed by atoms with E-state index in [1.165, 1.54) is 0 Å². The number of amides is 1. The molecular weight excluding hydrogens is 320 g/mol. The maximum atomic E-state index is 13.1. The van der Waals surface area contributed by atoms with E-state index in [1.807, 2.05) is 30.0 Å². The number of thioether (sulfide) groups is 1. The molecule has 0 spiro atoms. The second kappa shape index (κ2) is 8.88. The highest BCUT2D eigenvalue weighted by Crippen LogP contribution is 2.27. The van der Waals surface area contributed by atoms with Crippen LogP contribution in [0.5, 0.6) is 0 Å². The van der Waals surface area contributed by atoms with Crippen LogP contribution in [0.4, 0.5) is 0 Å². The van der Waals surface area contributed by atoms with Crippen LogP contribution in [0, 0.1) is 5.92 Å². The predicted octanol–water partition coefficient (Wildman–Crippen LogP) is 2.44. The van der Waals surface area contributed by atoms with Crippen LogP contribution in [0.2, 0.25) is 0 Å². The Balaban J connectivity index is 1.67. The summed E-state index contributed by atoms with van der Waals surface area (Å²) in [5, 5.41) is 12.6. The topological polar surface area (TPSA) is 52.6 Å². The summed E-state index contributed by atoms with van der Waals surface area (Å²) in [6.45, 7) is 2.21. The Morgan fingerprint density at radius 2 is 1.83 bits per heavy atom. The Morgan fingerprint density at radius 1 is 1.17 bits per heavy atom. The molecule has 1 aliphatic heterocycles. The fourth-order valence-electron chi connectivity index (χ4n) is 3.77. The first-order valence-corrected chi connectivity index (χ1v) is 10.2. The number of aliphatic hydroxyl groups excluding tert-OH is 1. The molecule has 1 atom stereocenters. The van der Waals surface area contributed by atoms with Crippen LogP contribution in [-0.4, -0.2) is 53.2 Å². The fourth-order valence-corrected chi connectivity index (χ4v) is 4.70. The largest absolute Gasteiger partial charge is 0.396 e. The molecule has 1 heterocycles. The monoisotopic (exact) mass is 348 g/mol. The van der Waals surface area contributed by atoms with Crippen LogP contribution in [0.3, 0.4) is 0 Å². The molecule has 2 aliphatic rings. The van der Waals surface area contributed by atoms with Crippen LogP contribution in [0.1, 0.15) is 37.3 Å². The maximum Gasteiger partial charge on any atom is 0.242 e. The molecule has 3 rings (SSSR count). The predicted molar refractivity (Wildman–Crippen MR) is 99.1 cm³/mol. The minimum atomic E-state index is -0.178. The summed E-state index contributed by atoms with van der Waals surface area (Å²) in [6, 6.07) is 10.2. The fraction of sp³-hybridized carbons (Fsp3) is 0.632. The number of carbonyl (C=O) groups is 1. The van der Waals surface area contributed by atoms with E-state index in [-0.39, 0.29) is 24.6 Å². The standard InChI is InChI=1S/C19H28N2O2S/c22-14-15-6-8-17(9-7-15)20-19(23)18(16-4-2-1-3-5-16)21-10-12-24-13-11-21/h1-5,15,17-18,22H,6-14H2,(H,20,23). The summed E-state index contributed by atoms with van der Waals surface area (Å²) in [5.41, 5.74) is 1.09. The van der Waals surface area contributed by atoms with Gasteiger partial charge in [-0.25, -0.2) is 0 Å². The van der Waals surface area contributed by atoms with Crippen molar-refractivity contribution in [3.8, 4) is 0 Å². The van der Waals surface area contributed by atoms with Crippen molar-refractivity contribution >= 4 is 17.7 Å². The quantitative estimate of drug-likeness (QED) is 0.858. The molecule has 5 heteroatoms. The number of aliphatic hydroxyl groups is 1. The van der Waals surface area contributed by atoms with Gasteiger partial charge in [0.15, 0.2) is 0 Å². The maximum absolute atomic E-state index is 13.1. The molecule has 0 aromatic heterocycles. The summed E-state index contributed by atoms with van der Waals surface area (Å²) >= 11 is 1.96. The third-order valence-corrected chi connectivity index (χ3v) is 6.17. The Bertz CT molecular complexity index is 511. The molecule has 2 N–H and O–H groups in total. The van der Waals surface area contributed by atoms with E-state index in [0.29, 0.717) is 5.92 Å². The van der Waals surface area contributed by atoms with E-state index in [2.05, 4.69) is 22.3 Å². The number of hydrogen-bond acceptors (Lipinski definition) is 4. The van der Waals surface area contributed by atoms with Crippen LogP contribution in [0.15, 0.2) is 30.3 Å². The van der Waals surface area contributed by atoms with Gasteiger partial charge in [0, 0.05) is 37.2 Å². The van der Waals surface area contributed by atoms with Gasteiger partial charge in [-0.2, -0.15) is 11.8 Å². The molecule has 2 fully saturated rings. The molecule has 1 aromatic carbocycles. The van der Waals surface area contributed by atoms with Gasteiger partial charge in [0.05, 0.1) is 0 Å². The molecular formula is C19H28N2O2S. The third-order valence-electron chi connectivity index (χ3n) is 5.23. The molecule has 1 saturated heterocycles. The van der Waals surface area contributed by atoms with Crippen molar-refractivity contribution in [3.63, 3.8) is 0 Å². The van der Waals surface area contributed by atoms with E-state index in [0.717, 1.165) is 55.8 Å². The molecule has 1 aliphatic carbocycles. The number of nitrogens with zero attached hydrogens (tertiary/aromatic N) is 1. The second-order valence-corrected chi connectivity index (χ2v) is 8.10. The lowest BCUT2D eigenvalue weighted by Gasteiger charge is -2.35. The average Bonchev–Trinajstić information content (AvgIpc) is 2.64. The lowest BCUT2D eigenvalue weighted by molar-refractivity contribution is -0.127. The van der Waals surface area contributed by atoms with Gasteiger partial charge >= 0.3 is 0 Å². The molecule has 1 amide bonds. The summed E-state index contributed by atoms with van der Waals surface area (Å²) < 4.78 is 0. The number of rotatable bonds is 5. The van der Waals surface area contributed by atoms with Crippen molar-refractivity contribution in [2.24, 2.45) is 5.92 Å².